The second-order valence-electron chi connectivity index (χ2n) is 9.41. The van der Waals surface area contributed by atoms with Crippen molar-refractivity contribution in [3.8, 4) is 28.4 Å². The lowest BCUT2D eigenvalue weighted by atomic mass is 10.1. The van der Waals surface area contributed by atoms with Crippen LogP contribution in [0.3, 0.4) is 0 Å². The minimum atomic E-state index is -3.34. The first-order valence-electron chi connectivity index (χ1n) is 13.2. The minimum absolute atomic E-state index is 0.0219. The standard InChI is InChI=1S/C31H29N3O5S3/c1-4-42(36,37)25-13-11-22(12-14-25)29-23(20-34(32-29)24-8-6-5-7-9-24)19-28-30(35)33(31(40)41-28)17-16-21-10-15-26(38-2)27(18-21)39-3/h5-15,18-20H,4,16-17H2,1-3H3. The predicted molar refractivity (Wildman–Crippen MR) is 170 cm³/mol. The second-order valence-corrected chi connectivity index (χ2v) is 13.4. The number of para-hydroxylation sites is 1. The maximum atomic E-state index is 13.5. The highest BCUT2D eigenvalue weighted by molar-refractivity contribution is 8.26. The average Bonchev–Trinajstić information content (AvgIpc) is 3.56. The lowest BCUT2D eigenvalue weighted by molar-refractivity contribution is -0.122. The molecule has 5 rings (SSSR count). The van der Waals surface area contributed by atoms with Crippen LogP contribution in [0.5, 0.6) is 11.5 Å². The minimum Gasteiger partial charge on any atom is -0.493 e. The van der Waals surface area contributed by atoms with Crippen molar-refractivity contribution >= 4 is 50.1 Å². The van der Waals surface area contributed by atoms with Crippen LogP contribution in [0.25, 0.3) is 23.0 Å². The van der Waals surface area contributed by atoms with E-state index in [-0.39, 0.29) is 16.6 Å². The van der Waals surface area contributed by atoms with Crippen molar-refractivity contribution in [2.45, 2.75) is 18.2 Å². The van der Waals surface area contributed by atoms with E-state index in [0.29, 0.717) is 44.9 Å². The molecule has 3 aromatic carbocycles. The zero-order valence-electron chi connectivity index (χ0n) is 23.3. The smallest absolute Gasteiger partial charge is 0.266 e. The van der Waals surface area contributed by atoms with E-state index >= 15 is 0 Å². The number of rotatable bonds is 10. The van der Waals surface area contributed by atoms with Crippen molar-refractivity contribution in [3.63, 3.8) is 0 Å². The monoisotopic (exact) mass is 619 g/mol. The Morgan fingerprint density at radius 1 is 0.976 bits per heavy atom. The van der Waals surface area contributed by atoms with Crippen LogP contribution >= 0.6 is 24.0 Å². The van der Waals surface area contributed by atoms with Crippen molar-refractivity contribution in [1.29, 1.82) is 0 Å². The van der Waals surface area contributed by atoms with Gasteiger partial charge in [0, 0.05) is 23.9 Å². The highest BCUT2D eigenvalue weighted by Crippen LogP contribution is 2.35. The molecule has 0 saturated carbocycles. The van der Waals surface area contributed by atoms with Crippen LogP contribution in [0.2, 0.25) is 0 Å². The number of benzene rings is 3. The number of ether oxygens (including phenoxy) is 2. The molecule has 2 heterocycles. The number of carbonyl (C=O) groups excluding carboxylic acids is 1. The number of methoxy groups -OCH3 is 2. The Balaban J connectivity index is 1.44. The van der Waals surface area contributed by atoms with Gasteiger partial charge in [-0.25, -0.2) is 13.1 Å². The number of amides is 1. The highest BCUT2D eigenvalue weighted by atomic mass is 32.2. The summed E-state index contributed by atoms with van der Waals surface area (Å²) in [4.78, 5) is 15.8. The fourth-order valence-electron chi connectivity index (χ4n) is 4.53. The molecular formula is C31H29N3O5S3. The SMILES string of the molecule is CCS(=O)(=O)c1ccc(-c2nn(-c3ccccc3)cc2C=C2SC(=S)N(CCc3ccc(OC)c(OC)c3)C2=O)cc1. The van der Waals surface area contributed by atoms with Gasteiger partial charge < -0.3 is 9.47 Å². The van der Waals surface area contributed by atoms with Gasteiger partial charge in [0.1, 0.15) is 4.32 Å². The van der Waals surface area contributed by atoms with Gasteiger partial charge in [-0.1, -0.05) is 67.3 Å². The van der Waals surface area contributed by atoms with Gasteiger partial charge in [-0.2, -0.15) is 5.10 Å². The molecule has 0 unspecified atom stereocenters. The molecule has 1 aromatic heterocycles. The number of thiocarbonyl (C=S) groups is 1. The molecule has 0 radical (unpaired) electrons. The van der Waals surface area contributed by atoms with Gasteiger partial charge >= 0.3 is 0 Å². The Labute approximate surface area is 254 Å². The first kappa shape index (κ1) is 29.6. The van der Waals surface area contributed by atoms with Crippen molar-refractivity contribution in [1.82, 2.24) is 14.7 Å². The molecule has 216 valence electrons. The number of nitrogens with zero attached hydrogens (tertiary/aromatic N) is 3. The summed E-state index contributed by atoms with van der Waals surface area (Å²) in [5, 5.41) is 4.81. The summed E-state index contributed by atoms with van der Waals surface area (Å²) < 4.78 is 37.6. The molecule has 0 aliphatic carbocycles. The molecule has 1 fully saturated rings. The van der Waals surface area contributed by atoms with Gasteiger partial charge in [-0.15, -0.1) is 0 Å². The molecule has 1 saturated heterocycles. The Kier molecular flexibility index (Phi) is 8.81. The van der Waals surface area contributed by atoms with Crippen LogP contribution in [0.1, 0.15) is 18.1 Å². The van der Waals surface area contributed by atoms with E-state index in [2.05, 4.69) is 0 Å². The molecule has 42 heavy (non-hydrogen) atoms. The number of hydrogen-bond donors (Lipinski definition) is 0. The highest BCUT2D eigenvalue weighted by Gasteiger charge is 2.32. The quantitative estimate of drug-likeness (QED) is 0.163. The van der Waals surface area contributed by atoms with Crippen LogP contribution in [-0.4, -0.2) is 59.8 Å². The maximum absolute atomic E-state index is 13.5. The van der Waals surface area contributed by atoms with Gasteiger partial charge in [0.15, 0.2) is 21.3 Å². The first-order chi connectivity index (χ1) is 20.2. The molecule has 0 atom stereocenters. The van der Waals surface area contributed by atoms with Crippen molar-refractivity contribution in [2.75, 3.05) is 26.5 Å². The van der Waals surface area contributed by atoms with E-state index in [1.807, 2.05) is 54.7 Å². The molecular weight excluding hydrogens is 591 g/mol. The summed E-state index contributed by atoms with van der Waals surface area (Å²) in [5.41, 5.74) is 3.91. The van der Waals surface area contributed by atoms with E-state index in [0.717, 1.165) is 16.8 Å². The molecule has 1 aliphatic rings. The van der Waals surface area contributed by atoms with E-state index < -0.39 is 9.84 Å². The van der Waals surface area contributed by atoms with E-state index in [1.165, 1.54) is 11.8 Å². The first-order valence-corrected chi connectivity index (χ1v) is 16.1. The lowest BCUT2D eigenvalue weighted by Crippen LogP contribution is -2.30. The van der Waals surface area contributed by atoms with Crippen LogP contribution < -0.4 is 9.47 Å². The van der Waals surface area contributed by atoms with Gasteiger partial charge in [-0.3, -0.25) is 9.69 Å². The van der Waals surface area contributed by atoms with Crippen LogP contribution in [0.4, 0.5) is 0 Å². The van der Waals surface area contributed by atoms with Crippen molar-refractivity contribution in [3.05, 3.63) is 95.0 Å². The second kappa shape index (κ2) is 12.5. The summed E-state index contributed by atoms with van der Waals surface area (Å²) in [7, 11) is -0.160. The number of sulfone groups is 1. The summed E-state index contributed by atoms with van der Waals surface area (Å²) in [6.45, 7) is 2.04. The number of aromatic nitrogens is 2. The molecule has 8 nitrogen and oxygen atoms in total. The van der Waals surface area contributed by atoms with Crippen LogP contribution in [-0.2, 0) is 21.1 Å². The number of hydrogen-bond acceptors (Lipinski definition) is 8. The van der Waals surface area contributed by atoms with E-state index in [1.54, 1.807) is 61.1 Å². The largest absolute Gasteiger partial charge is 0.493 e. The molecule has 0 spiro atoms. The summed E-state index contributed by atoms with van der Waals surface area (Å²) in [5.74, 6) is 1.12. The summed E-state index contributed by atoms with van der Waals surface area (Å²) in [6, 6.07) is 22.0. The predicted octanol–water partition coefficient (Wildman–Crippen LogP) is 5.79. The molecule has 11 heteroatoms. The average molecular weight is 620 g/mol. The summed E-state index contributed by atoms with van der Waals surface area (Å²) >= 11 is 6.84. The maximum Gasteiger partial charge on any atom is 0.266 e. The topological polar surface area (TPSA) is 90.7 Å². The number of carbonyl (C=O) groups is 1. The Hall–Kier alpha value is -3.93. The van der Waals surface area contributed by atoms with E-state index in [4.69, 9.17) is 26.8 Å². The molecule has 1 aliphatic heterocycles. The fourth-order valence-corrected chi connectivity index (χ4v) is 6.71. The Morgan fingerprint density at radius 2 is 1.69 bits per heavy atom. The normalized spacial score (nSPS) is 14.5. The van der Waals surface area contributed by atoms with Crippen LogP contribution in [0, 0.1) is 0 Å². The third kappa shape index (κ3) is 6.13. The lowest BCUT2D eigenvalue weighted by Gasteiger charge is -2.15. The third-order valence-electron chi connectivity index (χ3n) is 6.86. The van der Waals surface area contributed by atoms with Crippen molar-refractivity contribution in [2.24, 2.45) is 0 Å². The zero-order valence-corrected chi connectivity index (χ0v) is 25.8. The molecule has 0 bridgehead atoms. The Morgan fingerprint density at radius 3 is 2.36 bits per heavy atom. The molecule has 0 N–H and O–H groups in total. The Bertz CT molecular complexity index is 1770. The van der Waals surface area contributed by atoms with Crippen molar-refractivity contribution < 1.29 is 22.7 Å². The molecule has 4 aromatic rings. The third-order valence-corrected chi connectivity index (χ3v) is 9.99. The van der Waals surface area contributed by atoms with E-state index in [9.17, 15) is 13.2 Å². The van der Waals surface area contributed by atoms with Gasteiger partial charge in [0.25, 0.3) is 5.91 Å². The van der Waals surface area contributed by atoms with Gasteiger partial charge in [-0.05, 0) is 54.5 Å². The molecule has 1 amide bonds. The fraction of sp³-hybridized carbons (Fsp3) is 0.194. The summed E-state index contributed by atoms with van der Waals surface area (Å²) in [6.07, 6.45) is 4.25. The number of thioether (sulfide) groups is 1. The zero-order chi connectivity index (χ0) is 29.9. The van der Waals surface area contributed by atoms with Crippen LogP contribution in [0.15, 0.2) is 88.8 Å². The van der Waals surface area contributed by atoms with Gasteiger partial charge in [0.05, 0.1) is 41.2 Å². The van der Waals surface area contributed by atoms with Gasteiger partial charge in [0.2, 0.25) is 0 Å².